The summed E-state index contributed by atoms with van der Waals surface area (Å²) in [5, 5.41) is 2.96. The summed E-state index contributed by atoms with van der Waals surface area (Å²) in [7, 11) is -2.65. The Morgan fingerprint density at radius 1 is 0.795 bits per heavy atom. The molecule has 0 saturated heterocycles. The summed E-state index contributed by atoms with van der Waals surface area (Å²) in [5.41, 5.74) is 2.89. The second kappa shape index (κ2) is 14.7. The van der Waals surface area contributed by atoms with Crippen LogP contribution in [0.4, 0.5) is 5.69 Å². The van der Waals surface area contributed by atoms with Gasteiger partial charge in [-0.15, -0.1) is 0 Å². The minimum Gasteiger partial charge on any atom is -0.497 e. The summed E-state index contributed by atoms with van der Waals surface area (Å²) < 4.78 is 34.6. The Balaban J connectivity index is 1.79. The second-order valence-corrected chi connectivity index (χ2v) is 12.8. The van der Waals surface area contributed by atoms with Gasteiger partial charge in [-0.3, -0.25) is 13.9 Å². The number of aryl methyl sites for hydroxylation is 1. The van der Waals surface area contributed by atoms with E-state index in [1.165, 1.54) is 24.1 Å². The molecule has 0 spiro atoms. The van der Waals surface area contributed by atoms with Crippen molar-refractivity contribution in [1.29, 1.82) is 0 Å². The molecule has 0 radical (unpaired) electrons. The van der Waals surface area contributed by atoms with Crippen molar-refractivity contribution in [3.05, 3.63) is 126 Å². The van der Waals surface area contributed by atoms with Crippen LogP contribution in [0.25, 0.3) is 0 Å². The van der Waals surface area contributed by atoms with E-state index in [4.69, 9.17) is 4.74 Å². The van der Waals surface area contributed by atoms with E-state index in [0.29, 0.717) is 11.4 Å². The van der Waals surface area contributed by atoms with Crippen molar-refractivity contribution < 1.29 is 22.7 Å². The molecule has 0 bridgehead atoms. The van der Waals surface area contributed by atoms with Gasteiger partial charge in [0.25, 0.3) is 10.0 Å². The maximum absolute atomic E-state index is 14.4. The molecule has 0 aliphatic rings. The van der Waals surface area contributed by atoms with Crippen LogP contribution in [0, 0.1) is 6.92 Å². The number of hydrogen-bond acceptors (Lipinski definition) is 5. The molecule has 0 heterocycles. The number of nitrogens with one attached hydrogen (secondary N) is 1. The molecule has 9 heteroatoms. The summed E-state index contributed by atoms with van der Waals surface area (Å²) in [6, 6.07) is 30.8. The number of carbonyl (C=O) groups excluding carboxylic acids is 2. The summed E-state index contributed by atoms with van der Waals surface area (Å²) in [6.07, 6.45) is 0.255. The lowest BCUT2D eigenvalue weighted by Gasteiger charge is -2.34. The lowest BCUT2D eigenvalue weighted by atomic mass is 10.0. The van der Waals surface area contributed by atoms with E-state index in [0.717, 1.165) is 21.0 Å². The zero-order chi connectivity index (χ0) is 31.7. The number of benzene rings is 4. The number of carbonyl (C=O) groups is 2. The molecule has 2 amide bonds. The molecule has 1 atom stereocenters. The van der Waals surface area contributed by atoms with Gasteiger partial charge >= 0.3 is 0 Å². The first-order valence-corrected chi connectivity index (χ1v) is 15.9. The van der Waals surface area contributed by atoms with E-state index in [2.05, 4.69) is 5.32 Å². The summed E-state index contributed by atoms with van der Waals surface area (Å²) in [5.74, 6) is -0.280. The number of rotatable bonds is 13. The summed E-state index contributed by atoms with van der Waals surface area (Å²) >= 11 is 0. The Labute approximate surface area is 260 Å². The molecule has 0 aromatic heterocycles. The second-order valence-electron chi connectivity index (χ2n) is 10.9. The Kier molecular flexibility index (Phi) is 10.8. The van der Waals surface area contributed by atoms with Gasteiger partial charge in [0.2, 0.25) is 11.8 Å². The molecule has 4 rings (SSSR count). The zero-order valence-electron chi connectivity index (χ0n) is 25.5. The van der Waals surface area contributed by atoms with Crippen LogP contribution >= 0.6 is 0 Å². The van der Waals surface area contributed by atoms with E-state index in [1.54, 1.807) is 36.4 Å². The van der Waals surface area contributed by atoms with Crippen molar-refractivity contribution in [1.82, 2.24) is 10.2 Å². The third kappa shape index (κ3) is 8.26. The van der Waals surface area contributed by atoms with Crippen LogP contribution < -0.4 is 14.4 Å². The number of sulfonamides is 1. The molecule has 44 heavy (non-hydrogen) atoms. The van der Waals surface area contributed by atoms with Gasteiger partial charge in [-0.2, -0.15) is 0 Å². The topological polar surface area (TPSA) is 96.0 Å². The predicted octanol–water partition coefficient (Wildman–Crippen LogP) is 5.36. The molecule has 230 valence electrons. The molecule has 1 N–H and O–H groups in total. The normalized spacial score (nSPS) is 11.9. The van der Waals surface area contributed by atoms with E-state index in [9.17, 15) is 18.0 Å². The number of nitrogens with zero attached hydrogens (tertiary/aromatic N) is 2. The van der Waals surface area contributed by atoms with E-state index < -0.39 is 28.5 Å². The average molecular weight is 614 g/mol. The molecule has 0 saturated carbocycles. The third-order valence-electron chi connectivity index (χ3n) is 7.15. The van der Waals surface area contributed by atoms with Crippen LogP contribution in [-0.4, -0.2) is 50.9 Å². The molecule has 8 nitrogen and oxygen atoms in total. The fraction of sp³-hybridized carbons (Fsp3) is 0.257. The number of amides is 2. The fourth-order valence-electron chi connectivity index (χ4n) is 4.83. The highest BCUT2D eigenvalue weighted by Gasteiger charge is 2.34. The number of hydrogen-bond donors (Lipinski definition) is 1. The Morgan fingerprint density at radius 2 is 1.36 bits per heavy atom. The molecular formula is C35H39N3O5S. The van der Waals surface area contributed by atoms with Crippen LogP contribution in [0.5, 0.6) is 5.75 Å². The van der Waals surface area contributed by atoms with E-state index in [-0.39, 0.29) is 29.8 Å². The van der Waals surface area contributed by atoms with Crippen LogP contribution in [-0.2, 0) is 32.6 Å². The SMILES string of the molecule is COc1ccc(N(CC(=O)N(Cc2ccccc2)[C@H](Cc2ccccc2)C(=O)NC(C)C)S(=O)(=O)c2ccc(C)cc2)cc1. The van der Waals surface area contributed by atoms with Gasteiger partial charge in [0.15, 0.2) is 0 Å². The highest BCUT2D eigenvalue weighted by atomic mass is 32.2. The minimum atomic E-state index is -4.17. The van der Waals surface area contributed by atoms with Gasteiger partial charge in [-0.05, 0) is 68.3 Å². The van der Waals surface area contributed by atoms with Crippen molar-refractivity contribution in [3.63, 3.8) is 0 Å². The van der Waals surface area contributed by atoms with Crippen LogP contribution in [0.2, 0.25) is 0 Å². The lowest BCUT2D eigenvalue weighted by molar-refractivity contribution is -0.140. The van der Waals surface area contributed by atoms with Crippen molar-refractivity contribution in [2.75, 3.05) is 18.0 Å². The molecule has 4 aromatic carbocycles. The minimum absolute atomic E-state index is 0.0553. The van der Waals surface area contributed by atoms with Crippen molar-refractivity contribution in [2.45, 2.75) is 50.7 Å². The summed E-state index contributed by atoms with van der Waals surface area (Å²) in [6.45, 7) is 5.19. The van der Waals surface area contributed by atoms with Gasteiger partial charge in [-0.1, -0.05) is 78.4 Å². The Bertz CT molecular complexity index is 1630. The monoisotopic (exact) mass is 613 g/mol. The van der Waals surface area contributed by atoms with E-state index >= 15 is 0 Å². The lowest BCUT2D eigenvalue weighted by Crippen LogP contribution is -2.54. The van der Waals surface area contributed by atoms with Crippen molar-refractivity contribution in [3.8, 4) is 5.75 Å². The highest BCUT2D eigenvalue weighted by Crippen LogP contribution is 2.27. The molecular weight excluding hydrogens is 574 g/mol. The third-order valence-corrected chi connectivity index (χ3v) is 8.93. The standard InChI is InChI=1S/C35H39N3O5S/c1-26(2)36-35(40)33(23-28-11-7-5-8-12-28)37(24-29-13-9-6-10-14-29)34(39)25-38(30-17-19-31(43-4)20-18-30)44(41,42)32-21-15-27(3)16-22-32/h5-22,26,33H,23-25H2,1-4H3,(H,36,40)/t33-/m1/s1. The van der Waals surface area contributed by atoms with Gasteiger partial charge in [-0.25, -0.2) is 8.42 Å². The quantitative estimate of drug-likeness (QED) is 0.219. The predicted molar refractivity (Wildman–Crippen MR) is 173 cm³/mol. The average Bonchev–Trinajstić information content (AvgIpc) is 3.02. The Hall–Kier alpha value is -4.63. The van der Waals surface area contributed by atoms with Gasteiger partial charge < -0.3 is 15.0 Å². The van der Waals surface area contributed by atoms with E-state index in [1.807, 2.05) is 81.4 Å². The van der Waals surface area contributed by atoms with Crippen LogP contribution in [0.1, 0.15) is 30.5 Å². The molecule has 0 unspecified atom stereocenters. The Morgan fingerprint density at radius 3 is 1.91 bits per heavy atom. The van der Waals surface area contributed by atoms with Crippen LogP contribution in [0.15, 0.2) is 114 Å². The van der Waals surface area contributed by atoms with Gasteiger partial charge in [0, 0.05) is 19.0 Å². The molecule has 0 aliphatic heterocycles. The smallest absolute Gasteiger partial charge is 0.264 e. The highest BCUT2D eigenvalue weighted by molar-refractivity contribution is 7.92. The number of methoxy groups -OCH3 is 1. The molecule has 4 aromatic rings. The first kappa shape index (κ1) is 32.3. The zero-order valence-corrected chi connectivity index (χ0v) is 26.3. The summed E-state index contributed by atoms with van der Waals surface area (Å²) in [4.78, 5) is 29.7. The maximum Gasteiger partial charge on any atom is 0.264 e. The largest absolute Gasteiger partial charge is 0.497 e. The van der Waals surface area contributed by atoms with Gasteiger partial charge in [0.1, 0.15) is 18.3 Å². The first-order valence-electron chi connectivity index (χ1n) is 14.5. The first-order chi connectivity index (χ1) is 21.1. The van der Waals surface area contributed by atoms with Crippen molar-refractivity contribution >= 4 is 27.5 Å². The fourth-order valence-corrected chi connectivity index (χ4v) is 6.24. The molecule has 0 aliphatic carbocycles. The van der Waals surface area contributed by atoms with Gasteiger partial charge in [0.05, 0.1) is 17.7 Å². The number of ether oxygens (including phenoxy) is 1. The molecule has 0 fully saturated rings. The maximum atomic E-state index is 14.4. The van der Waals surface area contributed by atoms with Crippen LogP contribution in [0.3, 0.4) is 0 Å². The number of anilines is 1. The van der Waals surface area contributed by atoms with Crippen molar-refractivity contribution in [2.24, 2.45) is 0 Å².